The van der Waals surface area contributed by atoms with E-state index in [-0.39, 0.29) is 25.1 Å². The minimum absolute atomic E-state index is 0.204. The van der Waals surface area contributed by atoms with Crippen LogP contribution < -0.4 is 0 Å². The van der Waals surface area contributed by atoms with Crippen LogP contribution in [0.4, 0.5) is 0 Å². The molecule has 2 heterocycles. The van der Waals surface area contributed by atoms with E-state index in [1.807, 2.05) is 17.0 Å². The molecular weight excluding hydrogens is 378 g/mol. The summed E-state index contributed by atoms with van der Waals surface area (Å²) in [5.74, 6) is -0.245. The van der Waals surface area contributed by atoms with Crippen LogP contribution in [0.25, 0.3) is 10.9 Å². The maximum absolute atomic E-state index is 12.7. The van der Waals surface area contributed by atoms with Crippen LogP contribution in [-0.2, 0) is 20.7 Å². The van der Waals surface area contributed by atoms with Gasteiger partial charge in [0.15, 0.2) is 6.19 Å². The highest BCUT2D eigenvalue weighted by atomic mass is 16.5. The molecule has 3 rings (SSSR count). The fraction of sp³-hybridized carbons (Fsp3) is 0.500. The Bertz CT molecular complexity index is 929. The quantitative estimate of drug-likeness (QED) is 0.432. The zero-order valence-electron chi connectivity index (χ0n) is 17.9. The SMILES string of the molecule is C=CCOC(=O)C[C@]1(CC)CCCN(C#N)CCc2c([nH]c3ccccc23)[C@@H]1OC. The predicted molar refractivity (Wildman–Crippen MR) is 117 cm³/mol. The number of ether oxygens (including phenoxy) is 2. The average molecular weight is 410 g/mol. The number of hydrogen-bond donors (Lipinski definition) is 1. The van der Waals surface area contributed by atoms with Crippen molar-refractivity contribution >= 4 is 16.9 Å². The number of aromatic nitrogens is 1. The Balaban J connectivity index is 2.11. The normalized spacial score (nSPS) is 22.2. The zero-order chi connectivity index (χ0) is 21.6. The largest absolute Gasteiger partial charge is 0.461 e. The fourth-order valence-corrected chi connectivity index (χ4v) is 4.76. The van der Waals surface area contributed by atoms with Crippen molar-refractivity contribution in [1.29, 1.82) is 5.26 Å². The number of para-hydroxylation sites is 1. The molecule has 0 saturated carbocycles. The van der Waals surface area contributed by atoms with Gasteiger partial charge < -0.3 is 19.4 Å². The number of aromatic amines is 1. The molecule has 2 atom stereocenters. The molecule has 2 aromatic rings. The fourth-order valence-electron chi connectivity index (χ4n) is 4.76. The van der Waals surface area contributed by atoms with Crippen LogP contribution in [0.5, 0.6) is 0 Å². The molecule has 0 bridgehead atoms. The van der Waals surface area contributed by atoms with Crippen molar-refractivity contribution in [2.45, 2.75) is 45.1 Å². The third-order valence-electron chi connectivity index (χ3n) is 6.34. The standard InChI is InChI=1S/C24H31N3O3/c1-4-15-30-21(28)16-24(5-2)12-8-13-27(17-25)14-11-19-18-9-6-7-10-20(18)26-22(19)23(24)29-3/h4,6-7,9-10,23,26H,1,5,8,11-16H2,2-3H3/t23-,24-/m0/s1. The lowest BCUT2D eigenvalue weighted by Gasteiger charge is -2.40. The Kier molecular flexibility index (Phi) is 7.17. The number of carbonyl (C=O) groups excluding carboxylic acids is 1. The van der Waals surface area contributed by atoms with Crippen LogP contribution in [0.15, 0.2) is 36.9 Å². The highest BCUT2D eigenvalue weighted by Crippen LogP contribution is 2.48. The van der Waals surface area contributed by atoms with Crippen molar-refractivity contribution in [3.63, 3.8) is 0 Å². The zero-order valence-corrected chi connectivity index (χ0v) is 17.9. The van der Waals surface area contributed by atoms with Gasteiger partial charge in [-0.05, 0) is 37.3 Å². The van der Waals surface area contributed by atoms with Crippen LogP contribution in [0, 0.1) is 16.9 Å². The first kappa shape index (κ1) is 21.9. The van der Waals surface area contributed by atoms with Gasteiger partial charge in [0.05, 0.1) is 6.42 Å². The third kappa shape index (κ3) is 4.36. The second-order valence-electron chi connectivity index (χ2n) is 7.98. The summed E-state index contributed by atoms with van der Waals surface area (Å²) >= 11 is 0. The number of esters is 1. The Hall–Kier alpha value is -2.78. The monoisotopic (exact) mass is 409 g/mol. The van der Waals surface area contributed by atoms with Crippen molar-refractivity contribution < 1.29 is 14.3 Å². The lowest BCUT2D eigenvalue weighted by molar-refractivity contribution is -0.149. The molecule has 1 N–H and O–H groups in total. The second kappa shape index (κ2) is 9.82. The number of rotatable bonds is 6. The van der Waals surface area contributed by atoms with Gasteiger partial charge in [0.2, 0.25) is 0 Å². The molecule has 0 fully saturated rings. The average Bonchev–Trinajstić information content (AvgIpc) is 3.12. The summed E-state index contributed by atoms with van der Waals surface area (Å²) in [5.41, 5.74) is 2.79. The van der Waals surface area contributed by atoms with Crippen LogP contribution in [-0.4, -0.2) is 42.7 Å². The van der Waals surface area contributed by atoms with Gasteiger partial charge in [-0.25, -0.2) is 0 Å². The number of nitriles is 1. The molecule has 0 unspecified atom stereocenters. The lowest BCUT2D eigenvalue weighted by atomic mass is 9.71. The summed E-state index contributed by atoms with van der Waals surface area (Å²) in [5, 5.41) is 10.7. The molecule has 6 heteroatoms. The maximum atomic E-state index is 12.7. The van der Waals surface area contributed by atoms with Crippen molar-refractivity contribution in [3.8, 4) is 6.19 Å². The van der Waals surface area contributed by atoms with Gasteiger partial charge in [0.25, 0.3) is 0 Å². The molecule has 0 radical (unpaired) electrons. The second-order valence-corrected chi connectivity index (χ2v) is 7.98. The van der Waals surface area contributed by atoms with Crippen molar-refractivity contribution in [3.05, 3.63) is 48.2 Å². The van der Waals surface area contributed by atoms with Crippen molar-refractivity contribution in [2.24, 2.45) is 5.41 Å². The molecule has 0 amide bonds. The van der Waals surface area contributed by atoms with E-state index in [9.17, 15) is 10.1 Å². The van der Waals surface area contributed by atoms with Gasteiger partial charge in [-0.2, -0.15) is 5.26 Å². The smallest absolute Gasteiger partial charge is 0.306 e. The summed E-state index contributed by atoms with van der Waals surface area (Å²) in [6.45, 7) is 7.28. The highest BCUT2D eigenvalue weighted by molar-refractivity contribution is 5.85. The molecule has 0 aliphatic carbocycles. The maximum Gasteiger partial charge on any atom is 0.306 e. The summed E-state index contributed by atoms with van der Waals surface area (Å²) in [4.78, 5) is 18.0. The Morgan fingerprint density at radius 2 is 2.23 bits per heavy atom. The van der Waals surface area contributed by atoms with Crippen LogP contribution in [0.3, 0.4) is 0 Å². The Morgan fingerprint density at radius 3 is 2.93 bits per heavy atom. The third-order valence-corrected chi connectivity index (χ3v) is 6.34. The van der Waals surface area contributed by atoms with E-state index in [4.69, 9.17) is 9.47 Å². The van der Waals surface area contributed by atoms with Gasteiger partial charge in [0, 0.05) is 42.2 Å². The number of methoxy groups -OCH3 is 1. The molecule has 0 saturated heterocycles. The van der Waals surface area contributed by atoms with E-state index in [0.717, 1.165) is 47.8 Å². The number of benzene rings is 1. The van der Waals surface area contributed by atoms with Crippen LogP contribution in [0.1, 0.15) is 50.0 Å². The topological polar surface area (TPSA) is 78.4 Å². The summed E-state index contributed by atoms with van der Waals surface area (Å²) in [6.07, 6.45) is 6.97. The van der Waals surface area contributed by atoms with Crippen molar-refractivity contribution in [2.75, 3.05) is 26.8 Å². The molecule has 0 spiro atoms. The summed E-state index contributed by atoms with van der Waals surface area (Å²) in [7, 11) is 1.72. The first-order chi connectivity index (χ1) is 14.6. The van der Waals surface area contributed by atoms with E-state index < -0.39 is 5.41 Å². The molecule has 1 aromatic carbocycles. The molecule has 160 valence electrons. The number of fused-ring (bicyclic) bond motifs is 3. The van der Waals surface area contributed by atoms with Crippen LogP contribution >= 0.6 is 0 Å². The number of nitrogens with one attached hydrogen (secondary N) is 1. The molecular formula is C24H31N3O3. The molecule has 30 heavy (non-hydrogen) atoms. The predicted octanol–water partition coefficient (Wildman–Crippen LogP) is 4.49. The summed E-state index contributed by atoms with van der Waals surface area (Å²) < 4.78 is 11.5. The number of hydrogen-bond acceptors (Lipinski definition) is 5. The molecule has 6 nitrogen and oxygen atoms in total. The first-order valence-electron chi connectivity index (χ1n) is 10.6. The van der Waals surface area contributed by atoms with Gasteiger partial charge >= 0.3 is 5.97 Å². The number of H-pyrrole nitrogens is 1. The minimum atomic E-state index is -0.429. The highest BCUT2D eigenvalue weighted by Gasteiger charge is 2.43. The van der Waals surface area contributed by atoms with E-state index in [0.29, 0.717) is 13.1 Å². The number of nitrogens with zero attached hydrogens (tertiary/aromatic N) is 2. The van der Waals surface area contributed by atoms with E-state index in [1.165, 1.54) is 0 Å². The van der Waals surface area contributed by atoms with Gasteiger partial charge in [-0.1, -0.05) is 37.8 Å². The first-order valence-corrected chi connectivity index (χ1v) is 10.6. The Labute approximate surface area is 178 Å². The van der Waals surface area contributed by atoms with E-state index >= 15 is 0 Å². The van der Waals surface area contributed by atoms with Gasteiger partial charge in [-0.3, -0.25) is 4.79 Å². The Morgan fingerprint density at radius 1 is 1.43 bits per heavy atom. The van der Waals surface area contributed by atoms with Gasteiger partial charge in [0.1, 0.15) is 12.7 Å². The van der Waals surface area contributed by atoms with Crippen molar-refractivity contribution in [1.82, 2.24) is 9.88 Å². The number of carbonyl (C=O) groups is 1. The van der Waals surface area contributed by atoms with E-state index in [1.54, 1.807) is 13.2 Å². The molecule has 1 aliphatic heterocycles. The van der Waals surface area contributed by atoms with Gasteiger partial charge in [-0.15, -0.1) is 0 Å². The van der Waals surface area contributed by atoms with E-state index in [2.05, 4.69) is 36.8 Å². The molecule has 1 aromatic heterocycles. The minimum Gasteiger partial charge on any atom is -0.461 e. The molecule has 1 aliphatic rings. The summed E-state index contributed by atoms with van der Waals surface area (Å²) in [6, 6.07) is 8.20. The lowest BCUT2D eigenvalue weighted by Crippen LogP contribution is -2.36. The van der Waals surface area contributed by atoms with Crippen LogP contribution in [0.2, 0.25) is 0 Å².